The van der Waals surface area contributed by atoms with Crippen LogP contribution >= 0.6 is 0 Å². The van der Waals surface area contributed by atoms with Gasteiger partial charge in [0.2, 0.25) is 0 Å². The molecule has 1 heterocycles. The standard InChI is InChI=1S/C15H28N2O3/c1-2-3-4-5-6-7-8-9-12-20-14(18)13-10-11-17(13)15(16)19/h13H,2-12H2,1H3,(H2,16,19)/t13-/m0/s1. The molecule has 0 aromatic carbocycles. The topological polar surface area (TPSA) is 72.6 Å². The molecule has 5 heteroatoms. The molecule has 1 rings (SSSR count). The molecule has 0 unspecified atom stereocenters. The Labute approximate surface area is 121 Å². The van der Waals surface area contributed by atoms with Gasteiger partial charge in [0.05, 0.1) is 6.61 Å². The zero-order valence-corrected chi connectivity index (χ0v) is 12.6. The maximum Gasteiger partial charge on any atom is 0.328 e. The lowest BCUT2D eigenvalue weighted by molar-refractivity contribution is -0.152. The van der Waals surface area contributed by atoms with Crippen LogP contribution in [0.2, 0.25) is 0 Å². The summed E-state index contributed by atoms with van der Waals surface area (Å²) in [6, 6.07) is -0.980. The molecule has 1 saturated heterocycles. The first-order valence-electron chi connectivity index (χ1n) is 7.89. The van der Waals surface area contributed by atoms with Crippen LogP contribution in [0.5, 0.6) is 0 Å². The van der Waals surface area contributed by atoms with Gasteiger partial charge in [0.25, 0.3) is 0 Å². The molecule has 0 saturated carbocycles. The highest BCUT2D eigenvalue weighted by molar-refractivity contribution is 5.84. The van der Waals surface area contributed by atoms with Crippen molar-refractivity contribution in [3.05, 3.63) is 0 Å². The fourth-order valence-corrected chi connectivity index (χ4v) is 2.40. The number of primary amides is 1. The first-order chi connectivity index (χ1) is 9.66. The van der Waals surface area contributed by atoms with E-state index in [1.54, 1.807) is 0 Å². The third-order valence-corrected chi connectivity index (χ3v) is 3.82. The lowest BCUT2D eigenvalue weighted by atomic mass is 10.0. The normalized spacial score (nSPS) is 17.6. The number of urea groups is 1. The van der Waals surface area contributed by atoms with E-state index < -0.39 is 12.1 Å². The quantitative estimate of drug-likeness (QED) is 0.495. The lowest BCUT2D eigenvalue weighted by Crippen LogP contribution is -2.57. The first-order valence-corrected chi connectivity index (χ1v) is 7.89. The summed E-state index contributed by atoms with van der Waals surface area (Å²) in [6.45, 7) is 3.24. The molecule has 2 amide bonds. The predicted molar refractivity (Wildman–Crippen MR) is 78.3 cm³/mol. The highest BCUT2D eigenvalue weighted by Gasteiger charge is 2.37. The SMILES string of the molecule is CCCCCCCCCCOC(=O)[C@@H]1CCN1C(N)=O. The zero-order chi connectivity index (χ0) is 14.8. The molecule has 2 N–H and O–H groups in total. The second-order valence-electron chi connectivity index (χ2n) is 5.48. The van der Waals surface area contributed by atoms with Crippen LogP contribution in [0, 0.1) is 0 Å². The van der Waals surface area contributed by atoms with Crippen LogP contribution in [0.1, 0.15) is 64.7 Å². The van der Waals surface area contributed by atoms with Gasteiger partial charge in [-0.15, -0.1) is 0 Å². The molecule has 1 aliphatic rings. The van der Waals surface area contributed by atoms with Crippen LogP contribution in [0.4, 0.5) is 4.79 Å². The molecule has 1 atom stereocenters. The van der Waals surface area contributed by atoms with Crippen molar-refractivity contribution in [3.63, 3.8) is 0 Å². The Morgan fingerprint density at radius 3 is 2.20 bits per heavy atom. The minimum Gasteiger partial charge on any atom is -0.464 e. The number of carbonyl (C=O) groups excluding carboxylic acids is 2. The summed E-state index contributed by atoms with van der Waals surface area (Å²) >= 11 is 0. The molecule has 0 spiro atoms. The Morgan fingerprint density at radius 2 is 1.70 bits per heavy atom. The van der Waals surface area contributed by atoms with Crippen molar-refractivity contribution in [2.45, 2.75) is 70.8 Å². The molecule has 0 bridgehead atoms. The zero-order valence-electron chi connectivity index (χ0n) is 12.6. The number of esters is 1. The van der Waals surface area contributed by atoms with Gasteiger partial charge in [-0.05, 0) is 12.8 Å². The Kier molecular flexibility index (Phi) is 8.07. The van der Waals surface area contributed by atoms with Crippen molar-refractivity contribution in [2.75, 3.05) is 13.2 Å². The van der Waals surface area contributed by atoms with Gasteiger partial charge < -0.3 is 15.4 Å². The van der Waals surface area contributed by atoms with E-state index in [0.717, 1.165) is 12.8 Å². The minimum absolute atomic E-state index is 0.307. The van der Waals surface area contributed by atoms with E-state index in [4.69, 9.17) is 10.5 Å². The van der Waals surface area contributed by atoms with Gasteiger partial charge >= 0.3 is 12.0 Å². The van der Waals surface area contributed by atoms with Crippen molar-refractivity contribution in [1.82, 2.24) is 4.90 Å². The van der Waals surface area contributed by atoms with E-state index >= 15 is 0 Å². The third-order valence-electron chi connectivity index (χ3n) is 3.82. The van der Waals surface area contributed by atoms with E-state index in [1.807, 2.05) is 0 Å². The first kappa shape index (κ1) is 16.8. The Hall–Kier alpha value is -1.26. The summed E-state index contributed by atoms with van der Waals surface area (Å²) in [7, 11) is 0. The molecule has 0 aromatic heterocycles. The number of ether oxygens (including phenoxy) is 1. The molecule has 20 heavy (non-hydrogen) atoms. The molecule has 1 fully saturated rings. The number of nitrogens with two attached hydrogens (primary N) is 1. The smallest absolute Gasteiger partial charge is 0.328 e. The number of rotatable bonds is 10. The Morgan fingerprint density at radius 1 is 1.10 bits per heavy atom. The molecule has 5 nitrogen and oxygen atoms in total. The molecule has 0 radical (unpaired) electrons. The molecule has 0 aromatic rings. The molecule has 0 aliphatic carbocycles. The molecular formula is C15H28N2O3. The largest absolute Gasteiger partial charge is 0.464 e. The highest BCUT2D eigenvalue weighted by Crippen LogP contribution is 2.18. The second kappa shape index (κ2) is 9.61. The van der Waals surface area contributed by atoms with Gasteiger partial charge in [-0.1, -0.05) is 51.9 Å². The third kappa shape index (κ3) is 5.80. The summed E-state index contributed by atoms with van der Waals surface area (Å²) in [5.41, 5.74) is 5.15. The summed E-state index contributed by atoms with van der Waals surface area (Å²) in [6.07, 6.45) is 10.4. The van der Waals surface area contributed by atoms with E-state index in [-0.39, 0.29) is 5.97 Å². The summed E-state index contributed by atoms with van der Waals surface area (Å²) in [5, 5.41) is 0. The monoisotopic (exact) mass is 284 g/mol. The van der Waals surface area contributed by atoms with Gasteiger partial charge in [0.15, 0.2) is 0 Å². The average Bonchev–Trinajstić information content (AvgIpc) is 2.34. The maximum absolute atomic E-state index is 11.7. The Bertz CT molecular complexity index is 307. The van der Waals surface area contributed by atoms with Gasteiger partial charge in [-0.25, -0.2) is 9.59 Å². The summed E-state index contributed by atoms with van der Waals surface area (Å²) in [5.74, 6) is -0.307. The van der Waals surface area contributed by atoms with Crippen LogP contribution in [-0.2, 0) is 9.53 Å². The number of carbonyl (C=O) groups is 2. The van der Waals surface area contributed by atoms with Gasteiger partial charge in [0.1, 0.15) is 6.04 Å². The summed E-state index contributed by atoms with van der Waals surface area (Å²) in [4.78, 5) is 24.0. The van der Waals surface area contributed by atoms with Crippen molar-refractivity contribution in [3.8, 4) is 0 Å². The number of hydrogen-bond acceptors (Lipinski definition) is 3. The highest BCUT2D eigenvalue weighted by atomic mass is 16.5. The van der Waals surface area contributed by atoms with Crippen molar-refractivity contribution < 1.29 is 14.3 Å². The van der Waals surface area contributed by atoms with Crippen molar-refractivity contribution >= 4 is 12.0 Å². The van der Waals surface area contributed by atoms with Crippen LogP contribution in [0.3, 0.4) is 0 Å². The fraction of sp³-hybridized carbons (Fsp3) is 0.867. The lowest BCUT2D eigenvalue weighted by Gasteiger charge is -2.37. The van der Waals surface area contributed by atoms with Crippen molar-refractivity contribution in [1.29, 1.82) is 0 Å². The minimum atomic E-state index is -0.537. The summed E-state index contributed by atoms with van der Waals surface area (Å²) < 4.78 is 5.18. The molecule has 1 aliphatic heterocycles. The van der Waals surface area contributed by atoms with E-state index in [0.29, 0.717) is 19.6 Å². The van der Waals surface area contributed by atoms with Crippen LogP contribution in [0.15, 0.2) is 0 Å². The van der Waals surface area contributed by atoms with Crippen LogP contribution in [-0.4, -0.2) is 36.1 Å². The maximum atomic E-state index is 11.7. The van der Waals surface area contributed by atoms with Crippen molar-refractivity contribution in [2.24, 2.45) is 5.73 Å². The average molecular weight is 284 g/mol. The second-order valence-corrected chi connectivity index (χ2v) is 5.48. The van der Waals surface area contributed by atoms with Crippen LogP contribution in [0.25, 0.3) is 0 Å². The molecule has 116 valence electrons. The Balaban J connectivity index is 1.94. The number of amides is 2. The van der Waals surface area contributed by atoms with E-state index in [1.165, 1.54) is 43.4 Å². The van der Waals surface area contributed by atoms with Gasteiger partial charge in [-0.3, -0.25) is 0 Å². The van der Waals surface area contributed by atoms with Gasteiger partial charge in [0, 0.05) is 6.54 Å². The number of unbranched alkanes of at least 4 members (excludes halogenated alkanes) is 7. The number of likely N-dealkylation sites (tertiary alicyclic amines) is 1. The van der Waals surface area contributed by atoms with Gasteiger partial charge in [-0.2, -0.15) is 0 Å². The number of nitrogens with zero attached hydrogens (tertiary/aromatic N) is 1. The fourth-order valence-electron chi connectivity index (χ4n) is 2.40. The van der Waals surface area contributed by atoms with E-state index in [9.17, 15) is 9.59 Å². The predicted octanol–water partition coefficient (Wildman–Crippen LogP) is 2.82. The molecular weight excluding hydrogens is 256 g/mol. The van der Waals surface area contributed by atoms with Crippen LogP contribution < -0.4 is 5.73 Å². The number of hydrogen-bond donors (Lipinski definition) is 1. The van der Waals surface area contributed by atoms with E-state index in [2.05, 4.69) is 6.92 Å².